The lowest BCUT2D eigenvalue weighted by molar-refractivity contribution is 0.191. The number of ether oxygens (including phenoxy) is 1. The van der Waals surface area contributed by atoms with Gasteiger partial charge in [-0.3, -0.25) is 0 Å². The van der Waals surface area contributed by atoms with Crippen molar-refractivity contribution in [2.45, 2.75) is 6.23 Å². The molecule has 1 atom stereocenters. The fourth-order valence-corrected chi connectivity index (χ4v) is 2.28. The largest absolute Gasteiger partial charge is 0.473 e. The third kappa shape index (κ3) is 3.06. The smallest absolute Gasteiger partial charge is 0.177 e. The highest BCUT2D eigenvalue weighted by Crippen LogP contribution is 2.30. The lowest BCUT2D eigenvalue weighted by Crippen LogP contribution is -2.36. The standard InChI is InChI=1S/C14H13Cl2N3O/c15-12-5-4-10(7-13(12)16)9-2-1-3-11(6-9)20-14-8-17-19-18-14/h1-7,14,17-19H,8H2. The van der Waals surface area contributed by atoms with E-state index < -0.39 is 0 Å². The zero-order chi connectivity index (χ0) is 13.9. The van der Waals surface area contributed by atoms with E-state index in [4.69, 9.17) is 27.9 Å². The Kier molecular flexibility index (Phi) is 4.10. The predicted molar refractivity (Wildman–Crippen MR) is 80.6 cm³/mol. The minimum absolute atomic E-state index is 0.0981. The van der Waals surface area contributed by atoms with Crippen molar-refractivity contribution in [3.8, 4) is 16.9 Å². The van der Waals surface area contributed by atoms with E-state index in [0.29, 0.717) is 16.6 Å². The Hall–Kier alpha value is -1.30. The van der Waals surface area contributed by atoms with Crippen molar-refractivity contribution >= 4 is 23.2 Å². The highest BCUT2D eigenvalue weighted by Gasteiger charge is 2.14. The predicted octanol–water partition coefficient (Wildman–Crippen LogP) is 2.98. The lowest BCUT2D eigenvalue weighted by Gasteiger charge is -2.13. The van der Waals surface area contributed by atoms with Crippen LogP contribution in [0.2, 0.25) is 10.0 Å². The first-order valence-corrected chi connectivity index (χ1v) is 6.93. The summed E-state index contributed by atoms with van der Waals surface area (Å²) in [6.45, 7) is 0.691. The SMILES string of the molecule is Clc1ccc(-c2cccc(OC3CNNN3)c2)cc1Cl. The number of hydrogen-bond acceptors (Lipinski definition) is 4. The number of rotatable bonds is 3. The van der Waals surface area contributed by atoms with Gasteiger partial charge in [0.15, 0.2) is 6.23 Å². The molecule has 1 fully saturated rings. The van der Waals surface area contributed by atoms with Gasteiger partial charge in [0, 0.05) is 0 Å². The molecule has 2 aromatic rings. The molecule has 0 aromatic heterocycles. The minimum atomic E-state index is -0.0981. The van der Waals surface area contributed by atoms with Crippen LogP contribution in [0.15, 0.2) is 42.5 Å². The molecule has 1 aliphatic heterocycles. The van der Waals surface area contributed by atoms with Crippen LogP contribution in [-0.2, 0) is 0 Å². The first-order valence-electron chi connectivity index (χ1n) is 6.18. The van der Waals surface area contributed by atoms with Crippen LogP contribution in [0.5, 0.6) is 5.75 Å². The summed E-state index contributed by atoms with van der Waals surface area (Å²) in [7, 11) is 0. The number of nitrogens with one attached hydrogen (secondary N) is 3. The van der Waals surface area contributed by atoms with Gasteiger partial charge in [0.25, 0.3) is 0 Å². The first kappa shape index (κ1) is 13.7. The minimum Gasteiger partial charge on any atom is -0.473 e. The van der Waals surface area contributed by atoms with Gasteiger partial charge < -0.3 is 4.74 Å². The highest BCUT2D eigenvalue weighted by atomic mass is 35.5. The molecular formula is C14H13Cl2N3O. The summed E-state index contributed by atoms with van der Waals surface area (Å²) in [5.74, 6) is 0.788. The summed E-state index contributed by atoms with van der Waals surface area (Å²) in [5, 5.41) is 1.09. The second-order valence-corrected chi connectivity index (χ2v) is 5.23. The molecule has 0 saturated carbocycles. The molecule has 1 heterocycles. The Labute approximate surface area is 127 Å². The van der Waals surface area contributed by atoms with E-state index in [0.717, 1.165) is 16.9 Å². The van der Waals surface area contributed by atoms with Crippen LogP contribution in [0.3, 0.4) is 0 Å². The van der Waals surface area contributed by atoms with Crippen LogP contribution in [-0.4, -0.2) is 12.8 Å². The molecule has 2 aromatic carbocycles. The summed E-state index contributed by atoms with van der Waals surface area (Å²) >= 11 is 12.0. The Balaban J connectivity index is 1.84. The Bertz CT molecular complexity index is 615. The summed E-state index contributed by atoms with van der Waals surface area (Å²) in [5.41, 5.74) is 10.7. The molecule has 3 N–H and O–H groups in total. The van der Waals surface area contributed by atoms with Crippen LogP contribution in [0.1, 0.15) is 0 Å². The van der Waals surface area contributed by atoms with Crippen molar-refractivity contribution in [1.82, 2.24) is 16.4 Å². The third-order valence-corrected chi connectivity index (χ3v) is 3.71. The van der Waals surface area contributed by atoms with Crippen molar-refractivity contribution in [1.29, 1.82) is 0 Å². The topological polar surface area (TPSA) is 45.3 Å². The number of benzene rings is 2. The molecule has 6 heteroatoms. The molecule has 104 valence electrons. The monoisotopic (exact) mass is 309 g/mol. The highest BCUT2D eigenvalue weighted by molar-refractivity contribution is 6.42. The van der Waals surface area contributed by atoms with Gasteiger partial charge >= 0.3 is 0 Å². The summed E-state index contributed by atoms with van der Waals surface area (Å²) in [4.78, 5) is 0. The van der Waals surface area contributed by atoms with Crippen molar-refractivity contribution in [2.24, 2.45) is 0 Å². The Morgan fingerprint density at radius 1 is 1.00 bits per heavy atom. The van der Waals surface area contributed by atoms with E-state index in [9.17, 15) is 0 Å². The maximum Gasteiger partial charge on any atom is 0.177 e. The van der Waals surface area contributed by atoms with Gasteiger partial charge in [-0.2, -0.15) is 5.53 Å². The third-order valence-electron chi connectivity index (χ3n) is 2.97. The molecule has 20 heavy (non-hydrogen) atoms. The van der Waals surface area contributed by atoms with E-state index in [1.54, 1.807) is 6.07 Å². The maximum atomic E-state index is 6.05. The van der Waals surface area contributed by atoms with E-state index in [1.807, 2.05) is 36.4 Å². The number of halogens is 2. The van der Waals surface area contributed by atoms with E-state index >= 15 is 0 Å². The summed E-state index contributed by atoms with van der Waals surface area (Å²) < 4.78 is 5.80. The van der Waals surface area contributed by atoms with Crippen molar-refractivity contribution in [3.05, 3.63) is 52.5 Å². The molecule has 1 unspecified atom stereocenters. The van der Waals surface area contributed by atoms with Crippen molar-refractivity contribution < 1.29 is 4.74 Å². The molecule has 3 rings (SSSR count). The van der Waals surface area contributed by atoms with Crippen molar-refractivity contribution in [3.63, 3.8) is 0 Å². The van der Waals surface area contributed by atoms with Gasteiger partial charge in [0.05, 0.1) is 16.6 Å². The average Bonchev–Trinajstić information content (AvgIpc) is 2.95. The zero-order valence-electron chi connectivity index (χ0n) is 10.5. The zero-order valence-corrected chi connectivity index (χ0v) is 12.0. The maximum absolute atomic E-state index is 6.05. The molecule has 4 nitrogen and oxygen atoms in total. The quantitative estimate of drug-likeness (QED) is 0.815. The second-order valence-electron chi connectivity index (χ2n) is 4.41. The summed E-state index contributed by atoms with van der Waals surface area (Å²) in [6, 6.07) is 13.4. The van der Waals surface area contributed by atoms with Gasteiger partial charge in [-0.25, -0.2) is 10.9 Å². The van der Waals surface area contributed by atoms with Gasteiger partial charge in [-0.05, 0) is 35.4 Å². The van der Waals surface area contributed by atoms with Crippen molar-refractivity contribution in [2.75, 3.05) is 6.54 Å². The van der Waals surface area contributed by atoms with Gasteiger partial charge in [0.2, 0.25) is 0 Å². The first-order chi connectivity index (χ1) is 9.72. The molecule has 0 amide bonds. The fraction of sp³-hybridized carbons (Fsp3) is 0.143. The molecule has 0 aliphatic carbocycles. The molecular weight excluding hydrogens is 297 g/mol. The molecule has 0 bridgehead atoms. The van der Waals surface area contributed by atoms with Crippen LogP contribution < -0.4 is 21.1 Å². The second kappa shape index (κ2) is 5.99. The molecule has 1 aliphatic rings. The number of hydrazine groups is 2. The molecule has 1 saturated heterocycles. The average molecular weight is 310 g/mol. The Morgan fingerprint density at radius 3 is 2.60 bits per heavy atom. The van der Waals surface area contributed by atoms with Gasteiger partial charge in [0.1, 0.15) is 5.75 Å². The molecule has 0 spiro atoms. The van der Waals surface area contributed by atoms with Gasteiger partial charge in [-0.15, -0.1) is 0 Å². The van der Waals surface area contributed by atoms with Crippen LogP contribution >= 0.6 is 23.2 Å². The van der Waals surface area contributed by atoms with Gasteiger partial charge in [-0.1, -0.05) is 41.4 Å². The van der Waals surface area contributed by atoms with E-state index in [-0.39, 0.29) is 6.23 Å². The van der Waals surface area contributed by atoms with E-state index in [1.165, 1.54) is 0 Å². The van der Waals surface area contributed by atoms with Crippen LogP contribution in [0.25, 0.3) is 11.1 Å². The number of hydrogen-bond donors (Lipinski definition) is 3. The molecule has 0 radical (unpaired) electrons. The summed E-state index contributed by atoms with van der Waals surface area (Å²) in [6.07, 6.45) is -0.0981. The lowest BCUT2D eigenvalue weighted by atomic mass is 10.1. The fourth-order valence-electron chi connectivity index (χ4n) is 1.99. The van der Waals surface area contributed by atoms with Crippen LogP contribution in [0, 0.1) is 0 Å². The van der Waals surface area contributed by atoms with E-state index in [2.05, 4.69) is 16.4 Å². The normalized spacial score (nSPS) is 18.2. The van der Waals surface area contributed by atoms with Crippen LogP contribution in [0.4, 0.5) is 0 Å². The Morgan fingerprint density at radius 2 is 1.85 bits per heavy atom.